The molecule has 5 heteroatoms. The largest absolute Gasteiger partial charge is 0.451 e. The molecule has 0 aliphatic rings. The zero-order valence-corrected chi connectivity index (χ0v) is 10.4. The fourth-order valence-corrected chi connectivity index (χ4v) is 1.92. The van der Waals surface area contributed by atoms with Gasteiger partial charge in [0.2, 0.25) is 0 Å². The molecule has 1 aromatic carbocycles. The summed E-state index contributed by atoms with van der Waals surface area (Å²) in [5, 5.41) is 3.71. The lowest BCUT2D eigenvalue weighted by molar-refractivity contribution is 0.0925. The van der Waals surface area contributed by atoms with Gasteiger partial charge < -0.3 is 14.7 Å². The maximum absolute atomic E-state index is 12.0. The third-order valence-electron chi connectivity index (χ3n) is 2.89. The van der Waals surface area contributed by atoms with Crippen molar-refractivity contribution in [1.82, 2.24) is 15.3 Å². The topological polar surface area (TPSA) is 70.9 Å². The molecule has 0 aliphatic carbocycles. The van der Waals surface area contributed by atoms with Crippen LogP contribution in [0.2, 0.25) is 0 Å². The van der Waals surface area contributed by atoms with Crippen molar-refractivity contribution in [2.75, 3.05) is 0 Å². The molecule has 2 aromatic heterocycles. The minimum Gasteiger partial charge on any atom is -0.451 e. The van der Waals surface area contributed by atoms with Gasteiger partial charge in [-0.05, 0) is 25.1 Å². The van der Waals surface area contributed by atoms with Crippen molar-refractivity contribution < 1.29 is 9.21 Å². The van der Waals surface area contributed by atoms with E-state index in [1.165, 1.54) is 0 Å². The standard InChI is InChI=1S/C14H13N3O2/c1-9-2-3-12-10(4-9)5-13(19-12)14(18)16-7-11-6-15-8-17-11/h2-6,8H,7H2,1H3,(H,15,17)(H,16,18). The van der Waals surface area contributed by atoms with Crippen LogP contribution in [0.1, 0.15) is 21.8 Å². The molecule has 2 N–H and O–H groups in total. The van der Waals surface area contributed by atoms with Gasteiger partial charge in [0.15, 0.2) is 5.76 Å². The van der Waals surface area contributed by atoms with E-state index in [9.17, 15) is 4.79 Å². The van der Waals surface area contributed by atoms with Gasteiger partial charge in [-0.2, -0.15) is 0 Å². The Hall–Kier alpha value is -2.56. The summed E-state index contributed by atoms with van der Waals surface area (Å²) < 4.78 is 5.52. The van der Waals surface area contributed by atoms with Gasteiger partial charge in [-0.1, -0.05) is 11.6 Å². The quantitative estimate of drug-likeness (QED) is 0.755. The van der Waals surface area contributed by atoms with Gasteiger partial charge in [-0.15, -0.1) is 0 Å². The Morgan fingerprint density at radius 3 is 3.11 bits per heavy atom. The molecule has 96 valence electrons. The fraction of sp³-hybridized carbons (Fsp3) is 0.143. The van der Waals surface area contributed by atoms with Crippen molar-refractivity contribution in [1.29, 1.82) is 0 Å². The van der Waals surface area contributed by atoms with Crippen LogP contribution in [0.15, 0.2) is 41.2 Å². The highest BCUT2D eigenvalue weighted by molar-refractivity contribution is 5.96. The predicted molar refractivity (Wildman–Crippen MR) is 70.7 cm³/mol. The summed E-state index contributed by atoms with van der Waals surface area (Å²) in [7, 11) is 0. The second-order valence-corrected chi connectivity index (χ2v) is 4.41. The van der Waals surface area contributed by atoms with Crippen LogP contribution in [0.4, 0.5) is 0 Å². The second-order valence-electron chi connectivity index (χ2n) is 4.41. The van der Waals surface area contributed by atoms with Crippen LogP contribution in [-0.4, -0.2) is 15.9 Å². The molecule has 0 unspecified atom stereocenters. The number of rotatable bonds is 3. The van der Waals surface area contributed by atoms with Gasteiger partial charge in [0.25, 0.3) is 5.91 Å². The minimum absolute atomic E-state index is 0.233. The molecule has 0 spiro atoms. The molecule has 3 rings (SSSR count). The van der Waals surface area contributed by atoms with Crippen LogP contribution in [0, 0.1) is 6.92 Å². The molecule has 0 atom stereocenters. The number of fused-ring (bicyclic) bond motifs is 1. The number of imidazole rings is 1. The van der Waals surface area contributed by atoms with E-state index >= 15 is 0 Å². The normalized spacial score (nSPS) is 10.8. The van der Waals surface area contributed by atoms with Crippen molar-refractivity contribution in [3.05, 3.63) is 53.8 Å². The molecule has 5 nitrogen and oxygen atoms in total. The molecule has 2 heterocycles. The number of aromatic amines is 1. The van der Waals surface area contributed by atoms with E-state index in [0.717, 1.165) is 22.2 Å². The summed E-state index contributed by atoms with van der Waals surface area (Å²) in [5.74, 6) is 0.0866. The lowest BCUT2D eigenvalue weighted by Crippen LogP contribution is -2.22. The number of carbonyl (C=O) groups is 1. The van der Waals surface area contributed by atoms with Crippen LogP contribution in [0.3, 0.4) is 0 Å². The molecule has 1 amide bonds. The molecular weight excluding hydrogens is 242 g/mol. The lowest BCUT2D eigenvalue weighted by atomic mass is 10.2. The molecule has 0 saturated heterocycles. The number of nitrogens with one attached hydrogen (secondary N) is 2. The van der Waals surface area contributed by atoms with Crippen LogP contribution in [0.5, 0.6) is 0 Å². The van der Waals surface area contributed by atoms with Crippen molar-refractivity contribution in [2.45, 2.75) is 13.5 Å². The first kappa shape index (κ1) is 11.5. The fourth-order valence-electron chi connectivity index (χ4n) is 1.92. The van der Waals surface area contributed by atoms with Gasteiger partial charge in [0.1, 0.15) is 5.58 Å². The minimum atomic E-state index is -0.233. The number of amides is 1. The van der Waals surface area contributed by atoms with Crippen molar-refractivity contribution >= 4 is 16.9 Å². The summed E-state index contributed by atoms with van der Waals surface area (Å²) in [4.78, 5) is 18.8. The molecule has 0 radical (unpaired) electrons. The van der Waals surface area contributed by atoms with E-state index in [1.807, 2.05) is 25.1 Å². The van der Waals surface area contributed by atoms with E-state index in [4.69, 9.17) is 4.42 Å². The van der Waals surface area contributed by atoms with Crippen LogP contribution >= 0.6 is 0 Å². The van der Waals surface area contributed by atoms with Crippen LogP contribution in [-0.2, 0) is 6.54 Å². The SMILES string of the molecule is Cc1ccc2oc(C(=O)NCc3cnc[nH]3)cc2c1. The summed E-state index contributed by atoms with van der Waals surface area (Å²) in [6.07, 6.45) is 3.24. The van der Waals surface area contributed by atoms with Gasteiger partial charge >= 0.3 is 0 Å². The first-order valence-electron chi connectivity index (χ1n) is 5.98. The Kier molecular flexibility index (Phi) is 2.79. The zero-order valence-electron chi connectivity index (χ0n) is 10.4. The molecule has 0 aliphatic heterocycles. The number of aryl methyl sites for hydroxylation is 1. The average Bonchev–Trinajstić information content (AvgIpc) is 3.04. The first-order valence-corrected chi connectivity index (χ1v) is 5.98. The van der Waals surface area contributed by atoms with Crippen molar-refractivity contribution in [3.8, 4) is 0 Å². The van der Waals surface area contributed by atoms with E-state index in [-0.39, 0.29) is 5.91 Å². The Labute approximate surface area is 109 Å². The smallest absolute Gasteiger partial charge is 0.287 e. The lowest BCUT2D eigenvalue weighted by Gasteiger charge is -1.99. The maximum Gasteiger partial charge on any atom is 0.287 e. The molecule has 0 bridgehead atoms. The zero-order chi connectivity index (χ0) is 13.2. The highest BCUT2D eigenvalue weighted by atomic mass is 16.3. The van der Waals surface area contributed by atoms with Gasteiger partial charge in [0.05, 0.1) is 18.6 Å². The second kappa shape index (κ2) is 4.61. The third-order valence-corrected chi connectivity index (χ3v) is 2.89. The average molecular weight is 255 g/mol. The molecular formula is C14H13N3O2. The number of hydrogen-bond acceptors (Lipinski definition) is 3. The van der Waals surface area contributed by atoms with E-state index in [2.05, 4.69) is 15.3 Å². The van der Waals surface area contributed by atoms with Crippen LogP contribution < -0.4 is 5.32 Å². The third kappa shape index (κ3) is 2.35. The van der Waals surface area contributed by atoms with Crippen molar-refractivity contribution in [3.63, 3.8) is 0 Å². The number of nitrogens with zero attached hydrogens (tertiary/aromatic N) is 1. The molecule has 0 saturated carbocycles. The Balaban J connectivity index is 1.77. The van der Waals surface area contributed by atoms with Gasteiger partial charge in [-0.3, -0.25) is 4.79 Å². The van der Waals surface area contributed by atoms with E-state index in [1.54, 1.807) is 18.6 Å². The van der Waals surface area contributed by atoms with Crippen molar-refractivity contribution in [2.24, 2.45) is 0 Å². The van der Waals surface area contributed by atoms with E-state index < -0.39 is 0 Å². The summed E-state index contributed by atoms with van der Waals surface area (Å²) in [6, 6.07) is 7.57. The number of benzene rings is 1. The Bertz CT molecular complexity index is 713. The highest BCUT2D eigenvalue weighted by Gasteiger charge is 2.12. The molecule has 19 heavy (non-hydrogen) atoms. The Morgan fingerprint density at radius 1 is 1.42 bits per heavy atom. The highest BCUT2D eigenvalue weighted by Crippen LogP contribution is 2.20. The summed E-state index contributed by atoms with van der Waals surface area (Å²) in [6.45, 7) is 2.40. The van der Waals surface area contributed by atoms with Crippen LogP contribution in [0.25, 0.3) is 11.0 Å². The van der Waals surface area contributed by atoms with Gasteiger partial charge in [-0.25, -0.2) is 4.98 Å². The molecule has 3 aromatic rings. The monoisotopic (exact) mass is 255 g/mol. The summed E-state index contributed by atoms with van der Waals surface area (Å²) >= 11 is 0. The Morgan fingerprint density at radius 2 is 2.32 bits per heavy atom. The number of hydrogen-bond donors (Lipinski definition) is 2. The number of H-pyrrole nitrogens is 1. The van der Waals surface area contributed by atoms with E-state index in [0.29, 0.717) is 12.3 Å². The van der Waals surface area contributed by atoms with Gasteiger partial charge in [0, 0.05) is 11.6 Å². The summed E-state index contributed by atoms with van der Waals surface area (Å²) in [5.41, 5.74) is 2.70. The number of carbonyl (C=O) groups excluding carboxylic acids is 1. The number of furan rings is 1. The molecule has 0 fully saturated rings. The maximum atomic E-state index is 12.0. The first-order chi connectivity index (χ1) is 9.22. The number of aromatic nitrogens is 2. The predicted octanol–water partition coefficient (Wildman–Crippen LogP) is 2.39.